The van der Waals surface area contributed by atoms with Crippen molar-refractivity contribution in [1.29, 1.82) is 0 Å². The van der Waals surface area contributed by atoms with E-state index < -0.39 is 41.3 Å². The van der Waals surface area contributed by atoms with Gasteiger partial charge in [-0.3, -0.25) is 0 Å². The molecule has 5 rings (SSSR count). The molecule has 0 unspecified atom stereocenters. The third kappa shape index (κ3) is 2.80. The van der Waals surface area contributed by atoms with E-state index in [9.17, 15) is 9.59 Å². The van der Waals surface area contributed by atoms with Crippen molar-refractivity contribution in [3.63, 3.8) is 0 Å². The summed E-state index contributed by atoms with van der Waals surface area (Å²) in [5, 5.41) is 0. The number of hydrogen-bond donors (Lipinski definition) is 0. The van der Waals surface area contributed by atoms with Gasteiger partial charge in [-0.05, 0) is 0 Å². The van der Waals surface area contributed by atoms with E-state index in [4.69, 9.17) is 7.53 Å². The Labute approximate surface area is 180 Å². The number of carbonyl (C=O) groups excluding carboxylic acids is 2. The van der Waals surface area contributed by atoms with E-state index in [2.05, 4.69) is 24.3 Å². The van der Waals surface area contributed by atoms with Gasteiger partial charge in [0, 0.05) is 0 Å². The molecule has 0 aromatic heterocycles. The van der Waals surface area contributed by atoms with E-state index in [-0.39, 0.29) is 17.4 Å². The number of carbonyl (C=O) groups is 2. The van der Waals surface area contributed by atoms with Gasteiger partial charge in [0.25, 0.3) is 0 Å². The molecular weight excluding hydrogens is 586 g/mol. The Balaban J connectivity index is 1.79. The monoisotopic (exact) mass is 606 g/mol. The standard InChI is InChI=1S/C21H20I2O5/c1-13(24)26-22-17-7-3-5-15-9-11-21(19(15)17)12-10-16-6-4-8-18(20(16)21)23(28-22)27-14(2)25/h3-8H,9-12H2,1-2H3. The van der Waals surface area contributed by atoms with Crippen LogP contribution in [0.15, 0.2) is 36.4 Å². The fourth-order valence-electron chi connectivity index (χ4n) is 4.74. The first-order chi connectivity index (χ1) is 13.5. The molecule has 5 nitrogen and oxygen atoms in total. The molecule has 2 aromatic rings. The second-order valence-corrected chi connectivity index (χ2v) is 15.5. The van der Waals surface area contributed by atoms with Crippen molar-refractivity contribution in [2.45, 2.75) is 44.9 Å². The van der Waals surface area contributed by atoms with Gasteiger partial charge in [0.05, 0.1) is 0 Å². The molecule has 148 valence electrons. The summed E-state index contributed by atoms with van der Waals surface area (Å²) >= 11 is -5.54. The fourth-order valence-corrected chi connectivity index (χ4v) is 15.9. The first-order valence-corrected chi connectivity index (χ1v) is 14.9. The molecular formula is C21H20I2O5. The van der Waals surface area contributed by atoms with Crippen LogP contribution in [-0.2, 0) is 35.4 Å². The topological polar surface area (TPSA) is 61.8 Å². The third-order valence-corrected chi connectivity index (χ3v) is 16.0. The molecule has 0 amide bonds. The number of halogens is 2. The Morgan fingerprint density at radius 3 is 1.75 bits per heavy atom. The number of rotatable bonds is 2. The van der Waals surface area contributed by atoms with Crippen molar-refractivity contribution in [2.75, 3.05) is 0 Å². The van der Waals surface area contributed by atoms with Gasteiger partial charge < -0.3 is 0 Å². The molecule has 0 atom stereocenters. The van der Waals surface area contributed by atoms with Crippen LogP contribution in [-0.4, -0.2) is 11.9 Å². The summed E-state index contributed by atoms with van der Waals surface area (Å²) in [6, 6.07) is 12.6. The van der Waals surface area contributed by atoms with Gasteiger partial charge in [-0.2, -0.15) is 0 Å². The molecule has 0 N–H and O–H groups in total. The van der Waals surface area contributed by atoms with E-state index in [1.54, 1.807) is 0 Å². The van der Waals surface area contributed by atoms with Gasteiger partial charge in [-0.15, -0.1) is 0 Å². The van der Waals surface area contributed by atoms with Gasteiger partial charge in [0.2, 0.25) is 0 Å². The minimum absolute atomic E-state index is 0.0621. The van der Waals surface area contributed by atoms with E-state index in [1.807, 2.05) is 12.1 Å². The molecule has 0 saturated carbocycles. The van der Waals surface area contributed by atoms with Crippen molar-refractivity contribution >= 4 is 53.2 Å². The van der Waals surface area contributed by atoms with Crippen molar-refractivity contribution in [3.05, 3.63) is 65.8 Å². The Morgan fingerprint density at radius 1 is 0.857 bits per heavy atom. The zero-order valence-electron chi connectivity index (χ0n) is 15.6. The van der Waals surface area contributed by atoms with Crippen LogP contribution in [0.4, 0.5) is 0 Å². The average molecular weight is 606 g/mol. The first-order valence-electron chi connectivity index (χ1n) is 9.21. The number of hydrogen-bond acceptors (Lipinski definition) is 5. The zero-order valence-corrected chi connectivity index (χ0v) is 19.9. The fraction of sp³-hybridized carbons (Fsp3) is 0.333. The van der Waals surface area contributed by atoms with Crippen LogP contribution < -0.4 is 0 Å². The molecule has 0 saturated heterocycles. The second-order valence-electron chi connectivity index (χ2n) is 7.26. The Kier molecular flexibility index (Phi) is 4.66. The number of aryl methyl sites for hydroxylation is 2. The molecule has 2 aliphatic carbocycles. The van der Waals surface area contributed by atoms with Crippen LogP contribution in [0.1, 0.15) is 48.9 Å². The zero-order chi connectivity index (χ0) is 19.5. The minimum atomic E-state index is -2.77. The second kappa shape index (κ2) is 6.94. The summed E-state index contributed by atoms with van der Waals surface area (Å²) in [6.07, 6.45) is 4.14. The molecule has 0 bridgehead atoms. The van der Waals surface area contributed by atoms with Crippen LogP contribution >= 0.6 is 41.3 Å². The van der Waals surface area contributed by atoms with E-state index in [1.165, 1.54) is 36.1 Å². The van der Waals surface area contributed by atoms with Gasteiger partial charge >= 0.3 is 181 Å². The van der Waals surface area contributed by atoms with E-state index in [0.717, 1.165) is 32.8 Å². The molecule has 0 fully saturated rings. The maximum atomic E-state index is 11.9. The Morgan fingerprint density at radius 2 is 1.32 bits per heavy atom. The number of benzene rings is 2. The summed E-state index contributed by atoms with van der Waals surface area (Å²) in [7, 11) is 0. The molecule has 1 spiro atoms. The van der Waals surface area contributed by atoms with Gasteiger partial charge in [-0.25, -0.2) is 0 Å². The van der Waals surface area contributed by atoms with Crippen molar-refractivity contribution in [2.24, 2.45) is 0 Å². The van der Waals surface area contributed by atoms with Crippen LogP contribution in [0.25, 0.3) is 0 Å². The Hall–Kier alpha value is -1.20. The molecule has 28 heavy (non-hydrogen) atoms. The van der Waals surface area contributed by atoms with Gasteiger partial charge in [-0.1, -0.05) is 0 Å². The maximum absolute atomic E-state index is 11.9. The molecule has 3 aliphatic rings. The SMILES string of the molecule is CC(=O)OI1OI(OC(C)=O)c2cccc3c2C2(CCc4cccc1c42)CC3. The molecule has 1 aliphatic heterocycles. The van der Waals surface area contributed by atoms with Crippen LogP contribution in [0, 0.1) is 7.14 Å². The quantitative estimate of drug-likeness (QED) is 0.449. The normalized spacial score (nSPS) is 20.6. The summed E-state index contributed by atoms with van der Waals surface area (Å²) in [4.78, 5) is 23.8. The van der Waals surface area contributed by atoms with Crippen molar-refractivity contribution in [1.82, 2.24) is 0 Å². The van der Waals surface area contributed by atoms with Gasteiger partial charge in [0.15, 0.2) is 0 Å². The molecule has 1 heterocycles. The molecule has 0 radical (unpaired) electrons. The summed E-state index contributed by atoms with van der Waals surface area (Å²) < 4.78 is 20.1. The van der Waals surface area contributed by atoms with Gasteiger partial charge in [0.1, 0.15) is 0 Å². The predicted molar refractivity (Wildman–Crippen MR) is 120 cm³/mol. The van der Waals surface area contributed by atoms with Crippen LogP contribution in [0.3, 0.4) is 0 Å². The Bertz CT molecular complexity index is 923. The van der Waals surface area contributed by atoms with Crippen molar-refractivity contribution < 1.29 is 17.1 Å². The molecule has 7 heteroatoms. The van der Waals surface area contributed by atoms with Crippen LogP contribution in [0.5, 0.6) is 0 Å². The third-order valence-electron chi connectivity index (χ3n) is 5.60. The first kappa shape index (κ1) is 18.8. The van der Waals surface area contributed by atoms with Crippen molar-refractivity contribution in [3.8, 4) is 0 Å². The predicted octanol–water partition coefficient (Wildman–Crippen LogP) is 5.03. The van der Waals surface area contributed by atoms with E-state index >= 15 is 0 Å². The average Bonchev–Trinajstić information content (AvgIpc) is 3.21. The van der Waals surface area contributed by atoms with E-state index in [0.29, 0.717) is 0 Å². The summed E-state index contributed by atoms with van der Waals surface area (Å²) in [5.41, 5.74) is 5.27. The van der Waals surface area contributed by atoms with Crippen LogP contribution in [0.2, 0.25) is 0 Å². The molecule has 2 aromatic carbocycles. The summed E-state index contributed by atoms with van der Waals surface area (Å²) in [5.74, 6) is -0.677. The summed E-state index contributed by atoms with van der Waals surface area (Å²) in [6.45, 7) is 2.84.